The summed E-state index contributed by atoms with van der Waals surface area (Å²) in [4.78, 5) is 13.0. The first kappa shape index (κ1) is 15.9. The van der Waals surface area contributed by atoms with E-state index in [0.29, 0.717) is 18.6 Å². The quantitative estimate of drug-likeness (QED) is 0.669. The number of nitrogens with zero attached hydrogens (tertiary/aromatic N) is 2. The first-order valence-corrected chi connectivity index (χ1v) is 7.77. The second-order valence-corrected chi connectivity index (χ2v) is 6.07. The third kappa shape index (κ3) is 4.79. The molecule has 0 bridgehead atoms. The Bertz CT molecular complexity index is 476. The van der Waals surface area contributed by atoms with E-state index in [4.69, 9.17) is 0 Å². The number of benzene rings is 1. The van der Waals surface area contributed by atoms with Crippen molar-refractivity contribution >= 4 is 5.69 Å². The standard InChI is InChI=1S/C16H25N3O2/c1-13(2)18-9-4-6-15(8-10-18)17-12-14-5-3-7-16(11-14)19(20)21/h3,5,7,11,13,15,17H,4,6,8-10,12H2,1-2H3. The molecule has 0 saturated carbocycles. The van der Waals surface area contributed by atoms with Crippen molar-refractivity contribution < 1.29 is 4.92 Å². The van der Waals surface area contributed by atoms with Gasteiger partial charge >= 0.3 is 0 Å². The molecule has 1 N–H and O–H groups in total. The molecule has 1 saturated heterocycles. The molecule has 1 heterocycles. The summed E-state index contributed by atoms with van der Waals surface area (Å²) >= 11 is 0. The molecule has 116 valence electrons. The highest BCUT2D eigenvalue weighted by atomic mass is 16.6. The number of hydrogen-bond donors (Lipinski definition) is 1. The van der Waals surface area contributed by atoms with Crippen LogP contribution < -0.4 is 5.32 Å². The van der Waals surface area contributed by atoms with Gasteiger partial charge in [-0.15, -0.1) is 0 Å². The molecule has 5 nitrogen and oxygen atoms in total. The lowest BCUT2D eigenvalue weighted by Gasteiger charge is -2.24. The number of rotatable bonds is 5. The molecule has 1 aromatic rings. The largest absolute Gasteiger partial charge is 0.310 e. The van der Waals surface area contributed by atoms with E-state index < -0.39 is 0 Å². The van der Waals surface area contributed by atoms with Crippen molar-refractivity contribution in [2.24, 2.45) is 0 Å². The topological polar surface area (TPSA) is 58.4 Å². The Kier molecular flexibility index (Phi) is 5.70. The van der Waals surface area contributed by atoms with Crippen LogP contribution in [0, 0.1) is 10.1 Å². The molecular weight excluding hydrogens is 266 g/mol. The number of nitro groups is 1. The summed E-state index contributed by atoms with van der Waals surface area (Å²) in [6.07, 6.45) is 3.54. The van der Waals surface area contributed by atoms with Gasteiger partial charge in [-0.05, 0) is 51.8 Å². The first-order valence-electron chi connectivity index (χ1n) is 7.77. The Hall–Kier alpha value is -1.46. The van der Waals surface area contributed by atoms with Gasteiger partial charge in [0.25, 0.3) is 5.69 Å². The van der Waals surface area contributed by atoms with Gasteiger partial charge in [0.05, 0.1) is 4.92 Å². The lowest BCUT2D eigenvalue weighted by molar-refractivity contribution is -0.384. The molecule has 0 amide bonds. The molecule has 2 rings (SSSR count). The van der Waals surface area contributed by atoms with Crippen LogP contribution in [-0.2, 0) is 6.54 Å². The third-order valence-electron chi connectivity index (χ3n) is 4.21. The van der Waals surface area contributed by atoms with E-state index in [0.717, 1.165) is 18.5 Å². The van der Waals surface area contributed by atoms with Crippen molar-refractivity contribution in [1.82, 2.24) is 10.2 Å². The number of hydrogen-bond acceptors (Lipinski definition) is 4. The van der Waals surface area contributed by atoms with E-state index in [1.807, 2.05) is 6.07 Å². The lowest BCUT2D eigenvalue weighted by Crippen LogP contribution is -2.33. The molecule has 5 heteroatoms. The van der Waals surface area contributed by atoms with E-state index in [1.165, 1.54) is 25.5 Å². The lowest BCUT2D eigenvalue weighted by atomic mass is 10.1. The van der Waals surface area contributed by atoms with Crippen LogP contribution in [0.25, 0.3) is 0 Å². The maximum Gasteiger partial charge on any atom is 0.269 e. The Labute approximate surface area is 126 Å². The Morgan fingerprint density at radius 2 is 2.19 bits per heavy atom. The molecule has 1 unspecified atom stereocenters. The molecule has 1 atom stereocenters. The third-order valence-corrected chi connectivity index (χ3v) is 4.21. The number of likely N-dealkylation sites (tertiary alicyclic amines) is 1. The summed E-state index contributed by atoms with van der Waals surface area (Å²) in [5.74, 6) is 0. The van der Waals surface area contributed by atoms with Crippen molar-refractivity contribution in [3.8, 4) is 0 Å². The molecule has 1 aliphatic heterocycles. The van der Waals surface area contributed by atoms with Gasteiger partial charge in [0.1, 0.15) is 0 Å². The van der Waals surface area contributed by atoms with Gasteiger partial charge in [-0.1, -0.05) is 12.1 Å². The van der Waals surface area contributed by atoms with Gasteiger partial charge in [0.15, 0.2) is 0 Å². The molecule has 0 aromatic heterocycles. The Morgan fingerprint density at radius 3 is 2.90 bits per heavy atom. The Balaban J connectivity index is 1.85. The molecule has 0 aliphatic carbocycles. The highest BCUT2D eigenvalue weighted by molar-refractivity contribution is 5.34. The van der Waals surface area contributed by atoms with Gasteiger partial charge in [0, 0.05) is 30.8 Å². The average molecular weight is 291 g/mol. The van der Waals surface area contributed by atoms with Crippen LogP contribution in [0.5, 0.6) is 0 Å². The molecule has 1 aliphatic rings. The van der Waals surface area contributed by atoms with Gasteiger partial charge in [0.2, 0.25) is 0 Å². The molecule has 0 radical (unpaired) electrons. The Morgan fingerprint density at radius 1 is 1.38 bits per heavy atom. The monoisotopic (exact) mass is 291 g/mol. The summed E-state index contributed by atoms with van der Waals surface area (Å²) in [6.45, 7) is 7.50. The van der Waals surface area contributed by atoms with Crippen LogP contribution in [-0.4, -0.2) is 35.0 Å². The van der Waals surface area contributed by atoms with E-state index in [2.05, 4.69) is 24.1 Å². The van der Waals surface area contributed by atoms with Crippen molar-refractivity contribution in [3.05, 3.63) is 39.9 Å². The highest BCUT2D eigenvalue weighted by Crippen LogP contribution is 2.16. The smallest absolute Gasteiger partial charge is 0.269 e. The minimum Gasteiger partial charge on any atom is -0.310 e. The van der Waals surface area contributed by atoms with Crippen molar-refractivity contribution in [1.29, 1.82) is 0 Å². The minimum absolute atomic E-state index is 0.168. The maximum atomic E-state index is 10.8. The van der Waals surface area contributed by atoms with Crippen LogP contribution >= 0.6 is 0 Å². The fourth-order valence-electron chi connectivity index (χ4n) is 2.88. The van der Waals surface area contributed by atoms with Gasteiger partial charge in [-0.25, -0.2) is 0 Å². The molecule has 0 spiro atoms. The van der Waals surface area contributed by atoms with Crippen LogP contribution in [0.4, 0.5) is 5.69 Å². The SMILES string of the molecule is CC(C)N1CCCC(NCc2cccc([N+](=O)[O-])c2)CC1. The summed E-state index contributed by atoms with van der Waals surface area (Å²) in [6, 6.07) is 8.01. The summed E-state index contributed by atoms with van der Waals surface area (Å²) < 4.78 is 0. The first-order chi connectivity index (χ1) is 10.1. The van der Waals surface area contributed by atoms with Crippen LogP contribution in [0.15, 0.2) is 24.3 Å². The predicted molar refractivity (Wildman–Crippen MR) is 84.3 cm³/mol. The predicted octanol–water partition coefficient (Wildman–Crippen LogP) is 2.95. The zero-order chi connectivity index (χ0) is 15.2. The van der Waals surface area contributed by atoms with Gasteiger partial charge < -0.3 is 10.2 Å². The maximum absolute atomic E-state index is 10.8. The number of nitrogens with one attached hydrogen (secondary N) is 1. The second-order valence-electron chi connectivity index (χ2n) is 6.07. The molecule has 1 fully saturated rings. The zero-order valence-electron chi connectivity index (χ0n) is 12.9. The van der Waals surface area contributed by atoms with Crippen molar-refractivity contribution in [2.75, 3.05) is 13.1 Å². The van der Waals surface area contributed by atoms with E-state index in [9.17, 15) is 10.1 Å². The highest BCUT2D eigenvalue weighted by Gasteiger charge is 2.18. The van der Waals surface area contributed by atoms with Crippen LogP contribution in [0.2, 0.25) is 0 Å². The number of non-ortho nitro benzene ring substituents is 1. The molecule has 21 heavy (non-hydrogen) atoms. The second kappa shape index (κ2) is 7.52. The van der Waals surface area contributed by atoms with Crippen molar-refractivity contribution in [3.63, 3.8) is 0 Å². The van der Waals surface area contributed by atoms with Crippen LogP contribution in [0.3, 0.4) is 0 Å². The summed E-state index contributed by atoms with van der Waals surface area (Å²) in [7, 11) is 0. The number of nitro benzene ring substituents is 1. The molecular formula is C16H25N3O2. The average Bonchev–Trinajstić information content (AvgIpc) is 2.71. The zero-order valence-corrected chi connectivity index (χ0v) is 12.9. The van der Waals surface area contributed by atoms with Gasteiger partial charge in [-0.3, -0.25) is 10.1 Å². The minimum atomic E-state index is -0.338. The van der Waals surface area contributed by atoms with Crippen LogP contribution in [0.1, 0.15) is 38.7 Å². The fourth-order valence-corrected chi connectivity index (χ4v) is 2.88. The van der Waals surface area contributed by atoms with E-state index in [-0.39, 0.29) is 10.6 Å². The van der Waals surface area contributed by atoms with E-state index in [1.54, 1.807) is 12.1 Å². The summed E-state index contributed by atoms with van der Waals surface area (Å²) in [5, 5.41) is 14.3. The van der Waals surface area contributed by atoms with E-state index >= 15 is 0 Å². The van der Waals surface area contributed by atoms with Crippen molar-refractivity contribution in [2.45, 2.75) is 51.7 Å². The summed E-state index contributed by atoms with van der Waals surface area (Å²) in [5.41, 5.74) is 1.15. The van der Waals surface area contributed by atoms with Gasteiger partial charge in [-0.2, -0.15) is 0 Å². The molecule has 1 aromatic carbocycles. The normalized spacial score (nSPS) is 20.4. The fraction of sp³-hybridized carbons (Fsp3) is 0.625.